The van der Waals surface area contributed by atoms with E-state index in [4.69, 9.17) is 10.8 Å². The van der Waals surface area contributed by atoms with Gasteiger partial charge in [-0.05, 0) is 12.8 Å². The number of carbonyl (C=O) groups is 2. The molecular weight excluding hydrogens is 208 g/mol. The van der Waals surface area contributed by atoms with Gasteiger partial charge < -0.3 is 16.2 Å². The summed E-state index contributed by atoms with van der Waals surface area (Å²) in [6.07, 6.45) is 3.52. The van der Waals surface area contributed by atoms with Crippen molar-refractivity contribution in [2.45, 2.75) is 58.0 Å². The number of unbranched alkanes of at least 4 members (excludes halogenated alkanes) is 1. The third kappa shape index (κ3) is 5.70. The van der Waals surface area contributed by atoms with E-state index in [1.165, 1.54) is 0 Å². The summed E-state index contributed by atoms with van der Waals surface area (Å²) in [4.78, 5) is 22.4. The minimum Gasteiger partial charge on any atom is -0.480 e. The highest BCUT2D eigenvalue weighted by Gasteiger charge is 2.21. The van der Waals surface area contributed by atoms with E-state index >= 15 is 0 Å². The number of amides is 1. The predicted octanol–water partition coefficient (Wildman–Crippen LogP) is 0.873. The largest absolute Gasteiger partial charge is 0.480 e. The number of hydrogen-bond acceptors (Lipinski definition) is 3. The summed E-state index contributed by atoms with van der Waals surface area (Å²) < 4.78 is 0. The lowest BCUT2D eigenvalue weighted by atomic mass is 10.1. The van der Waals surface area contributed by atoms with Gasteiger partial charge in [-0.1, -0.05) is 33.1 Å². The summed E-state index contributed by atoms with van der Waals surface area (Å²) >= 11 is 0. The molecule has 1 amide bonds. The summed E-state index contributed by atoms with van der Waals surface area (Å²) in [5.41, 5.74) is 5.60. The van der Waals surface area contributed by atoms with Gasteiger partial charge in [-0.15, -0.1) is 0 Å². The van der Waals surface area contributed by atoms with Gasteiger partial charge in [0.05, 0.1) is 6.04 Å². The van der Waals surface area contributed by atoms with Gasteiger partial charge in [0.15, 0.2) is 0 Å². The second kappa shape index (κ2) is 8.10. The molecule has 0 bridgehead atoms. The molecule has 16 heavy (non-hydrogen) atoms. The first kappa shape index (κ1) is 14.9. The van der Waals surface area contributed by atoms with Crippen LogP contribution in [0.1, 0.15) is 46.0 Å². The molecule has 0 aromatic rings. The van der Waals surface area contributed by atoms with E-state index < -0.39 is 18.1 Å². The lowest BCUT2D eigenvalue weighted by Crippen LogP contribution is -2.48. The zero-order valence-electron chi connectivity index (χ0n) is 10.0. The Morgan fingerprint density at radius 2 is 1.88 bits per heavy atom. The van der Waals surface area contributed by atoms with Crippen LogP contribution >= 0.6 is 0 Å². The van der Waals surface area contributed by atoms with Gasteiger partial charge in [0, 0.05) is 0 Å². The van der Waals surface area contributed by atoms with E-state index in [0.29, 0.717) is 12.8 Å². The molecule has 5 nitrogen and oxygen atoms in total. The Kier molecular flexibility index (Phi) is 7.54. The molecule has 0 aromatic heterocycles. The molecule has 0 heterocycles. The molecule has 2 atom stereocenters. The lowest BCUT2D eigenvalue weighted by molar-refractivity contribution is -0.142. The summed E-state index contributed by atoms with van der Waals surface area (Å²) in [7, 11) is 0. The van der Waals surface area contributed by atoms with Crippen LogP contribution in [0.2, 0.25) is 0 Å². The van der Waals surface area contributed by atoms with E-state index in [1.807, 2.05) is 13.8 Å². The normalized spacial score (nSPS) is 14.2. The first-order chi connectivity index (χ1) is 7.52. The van der Waals surface area contributed by atoms with Crippen molar-refractivity contribution in [2.75, 3.05) is 0 Å². The van der Waals surface area contributed by atoms with Gasteiger partial charge in [0.25, 0.3) is 0 Å². The van der Waals surface area contributed by atoms with Crippen LogP contribution in [0, 0.1) is 0 Å². The van der Waals surface area contributed by atoms with Crippen molar-refractivity contribution >= 4 is 11.9 Å². The van der Waals surface area contributed by atoms with Crippen LogP contribution in [0.5, 0.6) is 0 Å². The van der Waals surface area contributed by atoms with Gasteiger partial charge >= 0.3 is 5.97 Å². The second-order valence-corrected chi connectivity index (χ2v) is 3.94. The molecule has 94 valence electrons. The Balaban J connectivity index is 4.17. The number of rotatable bonds is 8. The highest BCUT2D eigenvalue weighted by atomic mass is 16.4. The van der Waals surface area contributed by atoms with Crippen molar-refractivity contribution in [3.63, 3.8) is 0 Å². The Morgan fingerprint density at radius 3 is 2.31 bits per heavy atom. The minimum atomic E-state index is -0.995. The number of nitrogens with two attached hydrogens (primary N) is 1. The standard InChI is InChI=1S/C11H22N2O3/c1-3-5-7-9(11(15)16)13-10(14)8(12)6-4-2/h8-9H,3-7,12H2,1-2H3,(H,13,14)(H,15,16)/t8-,9+/m1/s1. The zero-order valence-corrected chi connectivity index (χ0v) is 10.0. The molecule has 0 saturated carbocycles. The van der Waals surface area contributed by atoms with Crippen LogP contribution < -0.4 is 11.1 Å². The molecular formula is C11H22N2O3. The third-order valence-electron chi connectivity index (χ3n) is 2.40. The maximum absolute atomic E-state index is 11.5. The Morgan fingerprint density at radius 1 is 1.25 bits per heavy atom. The van der Waals surface area contributed by atoms with E-state index in [1.54, 1.807) is 0 Å². The van der Waals surface area contributed by atoms with E-state index in [2.05, 4.69) is 5.32 Å². The molecule has 0 spiro atoms. The van der Waals surface area contributed by atoms with Crippen LogP contribution in [0.4, 0.5) is 0 Å². The van der Waals surface area contributed by atoms with Crippen LogP contribution in [0.25, 0.3) is 0 Å². The quantitative estimate of drug-likeness (QED) is 0.577. The monoisotopic (exact) mass is 230 g/mol. The van der Waals surface area contributed by atoms with Gasteiger partial charge in [-0.2, -0.15) is 0 Å². The Bertz CT molecular complexity index is 231. The first-order valence-corrected chi connectivity index (χ1v) is 5.81. The maximum Gasteiger partial charge on any atom is 0.326 e. The summed E-state index contributed by atoms with van der Waals surface area (Å²) in [5.74, 6) is -1.36. The highest BCUT2D eigenvalue weighted by molar-refractivity contribution is 5.86. The topological polar surface area (TPSA) is 92.4 Å². The lowest BCUT2D eigenvalue weighted by Gasteiger charge is -2.17. The fourth-order valence-electron chi connectivity index (χ4n) is 1.39. The third-order valence-corrected chi connectivity index (χ3v) is 2.40. The van der Waals surface area contributed by atoms with Crippen molar-refractivity contribution in [1.82, 2.24) is 5.32 Å². The molecule has 0 radical (unpaired) electrons. The van der Waals surface area contributed by atoms with E-state index in [-0.39, 0.29) is 5.91 Å². The molecule has 0 rings (SSSR count). The van der Waals surface area contributed by atoms with Gasteiger partial charge in [0.2, 0.25) is 5.91 Å². The molecule has 5 heteroatoms. The molecule has 0 aromatic carbocycles. The molecule has 0 aliphatic heterocycles. The van der Waals surface area contributed by atoms with Crippen LogP contribution in [-0.4, -0.2) is 29.1 Å². The second-order valence-electron chi connectivity index (χ2n) is 3.94. The summed E-state index contributed by atoms with van der Waals surface area (Å²) in [6, 6.07) is -1.41. The Labute approximate surface area is 96.4 Å². The predicted molar refractivity (Wildman–Crippen MR) is 62.0 cm³/mol. The van der Waals surface area contributed by atoms with E-state index in [9.17, 15) is 9.59 Å². The van der Waals surface area contributed by atoms with Crippen molar-refractivity contribution in [2.24, 2.45) is 5.73 Å². The number of hydrogen-bond donors (Lipinski definition) is 3. The summed E-state index contributed by atoms with van der Waals surface area (Å²) in [6.45, 7) is 3.91. The highest BCUT2D eigenvalue weighted by Crippen LogP contribution is 2.02. The zero-order chi connectivity index (χ0) is 12.6. The number of nitrogens with one attached hydrogen (secondary N) is 1. The number of aliphatic carboxylic acids is 1. The fraction of sp³-hybridized carbons (Fsp3) is 0.818. The molecule has 0 aliphatic rings. The van der Waals surface area contributed by atoms with Crippen molar-refractivity contribution in [3.8, 4) is 0 Å². The van der Waals surface area contributed by atoms with Crippen LogP contribution in [0.3, 0.4) is 0 Å². The minimum absolute atomic E-state index is 0.370. The summed E-state index contributed by atoms with van der Waals surface area (Å²) in [5, 5.41) is 11.4. The van der Waals surface area contributed by atoms with Gasteiger partial charge in [0.1, 0.15) is 6.04 Å². The first-order valence-electron chi connectivity index (χ1n) is 5.81. The molecule has 4 N–H and O–H groups in total. The van der Waals surface area contributed by atoms with Gasteiger partial charge in [-0.25, -0.2) is 4.79 Å². The number of carboxylic acids is 1. The molecule has 0 saturated heterocycles. The fourth-order valence-corrected chi connectivity index (χ4v) is 1.39. The molecule has 0 unspecified atom stereocenters. The van der Waals surface area contributed by atoms with Crippen molar-refractivity contribution in [1.29, 1.82) is 0 Å². The average molecular weight is 230 g/mol. The SMILES string of the molecule is CCCC[C@H](NC(=O)[C@H](N)CCC)C(=O)O. The van der Waals surface area contributed by atoms with Crippen LogP contribution in [-0.2, 0) is 9.59 Å². The maximum atomic E-state index is 11.5. The number of carbonyl (C=O) groups excluding carboxylic acids is 1. The average Bonchev–Trinajstić information content (AvgIpc) is 2.23. The molecule has 0 fully saturated rings. The Hall–Kier alpha value is -1.10. The van der Waals surface area contributed by atoms with Gasteiger partial charge in [-0.3, -0.25) is 4.79 Å². The van der Waals surface area contributed by atoms with E-state index in [0.717, 1.165) is 19.3 Å². The smallest absolute Gasteiger partial charge is 0.326 e. The van der Waals surface area contributed by atoms with Crippen molar-refractivity contribution in [3.05, 3.63) is 0 Å². The van der Waals surface area contributed by atoms with Crippen LogP contribution in [0.15, 0.2) is 0 Å². The van der Waals surface area contributed by atoms with Crippen molar-refractivity contribution < 1.29 is 14.7 Å². The number of carboxylic acid groups (broad SMARTS) is 1. The molecule has 0 aliphatic carbocycles.